The van der Waals surface area contributed by atoms with Gasteiger partial charge >= 0.3 is 0 Å². The van der Waals surface area contributed by atoms with E-state index in [1.54, 1.807) is 18.9 Å². The number of aromatic nitrogens is 1. The van der Waals surface area contributed by atoms with Crippen molar-refractivity contribution in [3.63, 3.8) is 0 Å². The van der Waals surface area contributed by atoms with Crippen molar-refractivity contribution in [1.29, 1.82) is 0 Å². The number of aryl methyl sites for hydroxylation is 1. The SMILES string of the molecule is CCc1ccc(/C(=C/C2CCCC2)c2ccc(SC)c(Cl)c2)nc1OC. The molecule has 1 saturated carbocycles. The molecule has 1 heterocycles. The van der Waals surface area contributed by atoms with Crippen molar-refractivity contribution in [1.82, 2.24) is 4.98 Å². The van der Waals surface area contributed by atoms with E-state index < -0.39 is 0 Å². The molecule has 0 amide bonds. The van der Waals surface area contributed by atoms with Gasteiger partial charge in [-0.25, -0.2) is 4.98 Å². The van der Waals surface area contributed by atoms with Crippen molar-refractivity contribution in [3.8, 4) is 5.88 Å². The van der Waals surface area contributed by atoms with E-state index in [0.29, 0.717) is 11.8 Å². The van der Waals surface area contributed by atoms with Gasteiger partial charge in [0.1, 0.15) is 0 Å². The van der Waals surface area contributed by atoms with E-state index in [4.69, 9.17) is 21.3 Å². The number of hydrogen-bond acceptors (Lipinski definition) is 3. The number of benzene rings is 1. The van der Waals surface area contributed by atoms with Gasteiger partial charge in [-0.15, -0.1) is 11.8 Å². The number of rotatable bonds is 6. The predicted molar refractivity (Wildman–Crippen MR) is 112 cm³/mol. The summed E-state index contributed by atoms with van der Waals surface area (Å²) in [4.78, 5) is 5.91. The Bertz CT molecular complexity index is 797. The molecule has 0 radical (unpaired) electrons. The molecular weight excluding hydrogens is 362 g/mol. The average molecular weight is 388 g/mol. The molecule has 2 aromatic rings. The van der Waals surface area contributed by atoms with Crippen molar-refractivity contribution in [2.45, 2.75) is 43.9 Å². The van der Waals surface area contributed by atoms with Crippen LogP contribution in [0.1, 0.15) is 49.4 Å². The van der Waals surface area contributed by atoms with Crippen LogP contribution in [0.2, 0.25) is 5.02 Å². The van der Waals surface area contributed by atoms with E-state index >= 15 is 0 Å². The summed E-state index contributed by atoms with van der Waals surface area (Å²) in [5, 5.41) is 0.796. The van der Waals surface area contributed by atoms with Crippen LogP contribution in [-0.4, -0.2) is 18.3 Å². The van der Waals surface area contributed by atoms with Crippen molar-refractivity contribution in [3.05, 3.63) is 58.3 Å². The Balaban J connectivity index is 2.08. The maximum absolute atomic E-state index is 6.49. The van der Waals surface area contributed by atoms with Gasteiger partial charge in [-0.2, -0.15) is 0 Å². The summed E-state index contributed by atoms with van der Waals surface area (Å²) in [6.45, 7) is 2.12. The van der Waals surface area contributed by atoms with Crippen LogP contribution >= 0.6 is 23.4 Å². The zero-order valence-electron chi connectivity index (χ0n) is 15.7. The summed E-state index contributed by atoms with van der Waals surface area (Å²) >= 11 is 8.16. The van der Waals surface area contributed by atoms with Crippen molar-refractivity contribution < 1.29 is 4.74 Å². The molecule has 0 aliphatic heterocycles. The summed E-state index contributed by atoms with van der Waals surface area (Å²) in [5.74, 6) is 1.33. The molecule has 0 N–H and O–H groups in total. The Morgan fingerprint density at radius 3 is 2.65 bits per heavy atom. The highest BCUT2D eigenvalue weighted by molar-refractivity contribution is 7.98. The molecule has 0 unspecified atom stereocenters. The van der Waals surface area contributed by atoms with Gasteiger partial charge in [0, 0.05) is 16.0 Å². The number of halogens is 1. The molecule has 4 heteroatoms. The first-order valence-corrected chi connectivity index (χ1v) is 10.9. The average Bonchev–Trinajstić information content (AvgIpc) is 3.18. The summed E-state index contributed by atoms with van der Waals surface area (Å²) in [6.07, 6.45) is 10.5. The lowest BCUT2D eigenvalue weighted by Gasteiger charge is -2.14. The standard InChI is InChI=1S/C22H26ClNOS/c1-4-16-9-11-20(24-22(16)25-2)18(13-15-7-5-6-8-15)17-10-12-21(26-3)19(23)14-17/h9-15H,4-8H2,1-3H3/b18-13+. The van der Waals surface area contributed by atoms with Gasteiger partial charge in [-0.05, 0) is 55.2 Å². The van der Waals surface area contributed by atoms with Crippen LogP contribution < -0.4 is 4.74 Å². The molecular formula is C22H26ClNOS. The Labute approximate surface area is 166 Å². The number of methoxy groups -OCH3 is 1. The summed E-state index contributed by atoms with van der Waals surface area (Å²) in [5.41, 5.74) is 4.37. The number of thioether (sulfide) groups is 1. The quantitative estimate of drug-likeness (QED) is 0.518. The fourth-order valence-corrected chi connectivity index (χ4v) is 4.46. The van der Waals surface area contributed by atoms with Gasteiger partial charge in [-0.1, -0.05) is 49.6 Å². The number of allylic oxidation sites excluding steroid dienone is 1. The Kier molecular flexibility index (Phi) is 6.66. The van der Waals surface area contributed by atoms with Crippen LogP contribution in [-0.2, 0) is 6.42 Å². The normalized spacial score (nSPS) is 15.5. The van der Waals surface area contributed by atoms with Crippen LogP contribution in [0.25, 0.3) is 5.57 Å². The van der Waals surface area contributed by atoms with E-state index in [9.17, 15) is 0 Å². The topological polar surface area (TPSA) is 22.1 Å². The van der Waals surface area contributed by atoms with Gasteiger partial charge in [0.2, 0.25) is 5.88 Å². The predicted octanol–water partition coefficient (Wildman–Crippen LogP) is 6.65. The van der Waals surface area contributed by atoms with Crippen LogP contribution in [0.4, 0.5) is 0 Å². The maximum Gasteiger partial charge on any atom is 0.216 e. The first-order valence-electron chi connectivity index (χ1n) is 9.26. The van der Waals surface area contributed by atoms with Crippen LogP contribution in [0.3, 0.4) is 0 Å². The second-order valence-electron chi connectivity index (χ2n) is 6.69. The van der Waals surface area contributed by atoms with Crippen molar-refractivity contribution in [2.24, 2.45) is 5.92 Å². The van der Waals surface area contributed by atoms with Gasteiger partial charge in [-0.3, -0.25) is 0 Å². The summed E-state index contributed by atoms with van der Waals surface area (Å²) in [6, 6.07) is 10.6. The number of hydrogen-bond donors (Lipinski definition) is 0. The lowest BCUT2D eigenvalue weighted by molar-refractivity contribution is 0.392. The fraction of sp³-hybridized carbons (Fsp3) is 0.409. The molecule has 1 aliphatic carbocycles. The lowest BCUT2D eigenvalue weighted by atomic mass is 9.95. The number of pyridine rings is 1. The zero-order valence-corrected chi connectivity index (χ0v) is 17.3. The van der Waals surface area contributed by atoms with Crippen LogP contribution in [0, 0.1) is 5.92 Å². The highest BCUT2D eigenvalue weighted by Crippen LogP contribution is 2.35. The molecule has 2 nitrogen and oxygen atoms in total. The third kappa shape index (κ3) is 4.27. The molecule has 0 saturated heterocycles. The van der Waals surface area contributed by atoms with Crippen LogP contribution in [0.5, 0.6) is 5.88 Å². The van der Waals surface area contributed by atoms with E-state index in [1.165, 1.54) is 25.7 Å². The van der Waals surface area contributed by atoms with E-state index in [0.717, 1.165) is 38.7 Å². The number of nitrogens with zero attached hydrogens (tertiary/aromatic N) is 1. The molecule has 0 bridgehead atoms. The molecule has 138 valence electrons. The largest absolute Gasteiger partial charge is 0.481 e. The highest BCUT2D eigenvalue weighted by atomic mass is 35.5. The molecule has 3 rings (SSSR count). The minimum absolute atomic E-state index is 0.614. The van der Waals surface area contributed by atoms with Crippen LogP contribution in [0.15, 0.2) is 41.3 Å². The van der Waals surface area contributed by atoms with Gasteiger partial charge in [0.05, 0.1) is 17.8 Å². The van der Waals surface area contributed by atoms with Gasteiger partial charge in [0.15, 0.2) is 0 Å². The second-order valence-corrected chi connectivity index (χ2v) is 7.95. The smallest absolute Gasteiger partial charge is 0.216 e. The first-order chi connectivity index (χ1) is 12.7. The molecule has 26 heavy (non-hydrogen) atoms. The summed E-state index contributed by atoms with van der Waals surface area (Å²) in [7, 11) is 1.69. The Hall–Kier alpha value is -1.45. The molecule has 1 fully saturated rings. The lowest BCUT2D eigenvalue weighted by Crippen LogP contribution is -2.01. The maximum atomic E-state index is 6.49. The third-order valence-electron chi connectivity index (χ3n) is 5.05. The third-order valence-corrected chi connectivity index (χ3v) is 6.27. The molecule has 0 spiro atoms. The number of ether oxygens (including phenoxy) is 1. The van der Waals surface area contributed by atoms with E-state index in [-0.39, 0.29) is 0 Å². The van der Waals surface area contributed by atoms with E-state index in [1.807, 2.05) is 6.26 Å². The van der Waals surface area contributed by atoms with Gasteiger partial charge in [0.25, 0.3) is 0 Å². The highest BCUT2D eigenvalue weighted by Gasteiger charge is 2.17. The molecule has 1 aromatic carbocycles. The summed E-state index contributed by atoms with van der Waals surface area (Å²) < 4.78 is 5.53. The fourth-order valence-electron chi connectivity index (χ4n) is 3.59. The van der Waals surface area contributed by atoms with E-state index in [2.05, 4.69) is 43.3 Å². The minimum atomic E-state index is 0.614. The molecule has 0 atom stereocenters. The van der Waals surface area contributed by atoms with Crippen molar-refractivity contribution >= 4 is 28.9 Å². The van der Waals surface area contributed by atoms with Crippen molar-refractivity contribution in [2.75, 3.05) is 13.4 Å². The molecule has 1 aromatic heterocycles. The minimum Gasteiger partial charge on any atom is -0.481 e. The Morgan fingerprint density at radius 2 is 2.04 bits per heavy atom. The monoisotopic (exact) mass is 387 g/mol. The first kappa shape index (κ1) is 19.3. The second kappa shape index (κ2) is 8.96. The molecule has 1 aliphatic rings. The zero-order chi connectivity index (χ0) is 18.5. The Morgan fingerprint density at radius 1 is 1.27 bits per heavy atom. The van der Waals surface area contributed by atoms with Gasteiger partial charge < -0.3 is 4.74 Å².